The monoisotopic (exact) mass is 230 g/mol. The highest BCUT2D eigenvalue weighted by Crippen LogP contribution is 2.33. The number of aliphatic hydroxyl groups is 1. The number of hydrogen-bond donors (Lipinski definition) is 2. The van der Waals surface area contributed by atoms with Crippen LogP contribution in [-0.2, 0) is 0 Å². The number of benzene rings is 1. The van der Waals surface area contributed by atoms with Crippen molar-refractivity contribution in [3.8, 4) is 0 Å². The lowest BCUT2D eigenvalue weighted by Crippen LogP contribution is -2.30. The predicted octanol–water partition coefficient (Wildman–Crippen LogP) is 2.25. The smallest absolute Gasteiger partial charge is 0.0853 e. The fraction of sp³-hybridized carbons (Fsp3) is 0.357. The van der Waals surface area contributed by atoms with Crippen molar-refractivity contribution in [1.29, 1.82) is 0 Å². The number of aromatic nitrogens is 1. The molecular weight excluding hydrogens is 212 g/mol. The van der Waals surface area contributed by atoms with Crippen molar-refractivity contribution in [2.45, 2.75) is 20.0 Å². The highest BCUT2D eigenvalue weighted by Gasteiger charge is 2.27. The summed E-state index contributed by atoms with van der Waals surface area (Å²) in [6.07, 6.45) is 1.21. The summed E-state index contributed by atoms with van der Waals surface area (Å²) in [5.74, 6) is 0. The van der Waals surface area contributed by atoms with Crippen LogP contribution in [0.15, 0.2) is 36.5 Å². The molecule has 17 heavy (non-hydrogen) atoms. The Morgan fingerprint density at radius 2 is 2.12 bits per heavy atom. The normalized spacial score (nSPS) is 13.9. The van der Waals surface area contributed by atoms with E-state index in [-0.39, 0.29) is 5.41 Å². The van der Waals surface area contributed by atoms with Crippen LogP contribution < -0.4 is 5.73 Å². The minimum absolute atomic E-state index is 0.324. The van der Waals surface area contributed by atoms with Gasteiger partial charge in [0.25, 0.3) is 0 Å². The molecule has 0 radical (unpaired) electrons. The maximum absolute atomic E-state index is 10.3. The Morgan fingerprint density at radius 3 is 2.82 bits per heavy atom. The molecule has 0 amide bonds. The average molecular weight is 230 g/mol. The molecule has 1 aromatic carbocycles. The van der Waals surface area contributed by atoms with E-state index in [2.05, 4.69) is 4.98 Å². The van der Waals surface area contributed by atoms with Crippen molar-refractivity contribution in [3.05, 3.63) is 42.1 Å². The molecule has 0 aliphatic rings. The van der Waals surface area contributed by atoms with Crippen molar-refractivity contribution < 1.29 is 5.11 Å². The van der Waals surface area contributed by atoms with E-state index in [0.717, 1.165) is 16.5 Å². The molecule has 0 saturated carbocycles. The van der Waals surface area contributed by atoms with E-state index in [1.807, 2.05) is 44.2 Å². The molecule has 0 fully saturated rings. The first-order valence-corrected chi connectivity index (χ1v) is 5.77. The second-order valence-electron chi connectivity index (χ2n) is 5.05. The van der Waals surface area contributed by atoms with E-state index in [1.165, 1.54) is 0 Å². The molecule has 2 rings (SSSR count). The van der Waals surface area contributed by atoms with Crippen LogP contribution in [0.1, 0.15) is 25.5 Å². The molecule has 0 bridgehead atoms. The van der Waals surface area contributed by atoms with Gasteiger partial charge in [0, 0.05) is 23.5 Å². The van der Waals surface area contributed by atoms with Gasteiger partial charge < -0.3 is 10.8 Å². The lowest BCUT2D eigenvalue weighted by Gasteiger charge is -2.29. The van der Waals surface area contributed by atoms with Crippen LogP contribution in [0.5, 0.6) is 0 Å². The largest absolute Gasteiger partial charge is 0.388 e. The minimum atomic E-state index is -0.558. The van der Waals surface area contributed by atoms with E-state index < -0.39 is 6.10 Å². The second kappa shape index (κ2) is 4.43. The van der Waals surface area contributed by atoms with Crippen molar-refractivity contribution in [1.82, 2.24) is 4.98 Å². The molecule has 1 unspecified atom stereocenters. The molecule has 2 aromatic rings. The number of rotatable bonds is 3. The van der Waals surface area contributed by atoms with Gasteiger partial charge in [0.1, 0.15) is 0 Å². The van der Waals surface area contributed by atoms with Gasteiger partial charge in [-0.15, -0.1) is 0 Å². The van der Waals surface area contributed by atoms with Gasteiger partial charge in [0.2, 0.25) is 0 Å². The third-order valence-corrected chi connectivity index (χ3v) is 3.21. The molecule has 3 N–H and O–H groups in total. The van der Waals surface area contributed by atoms with Gasteiger partial charge >= 0.3 is 0 Å². The van der Waals surface area contributed by atoms with E-state index >= 15 is 0 Å². The van der Waals surface area contributed by atoms with Gasteiger partial charge in [-0.1, -0.05) is 26.0 Å². The third kappa shape index (κ3) is 2.30. The Balaban J connectivity index is 2.43. The Hall–Kier alpha value is -1.45. The van der Waals surface area contributed by atoms with Crippen LogP contribution >= 0.6 is 0 Å². The van der Waals surface area contributed by atoms with Crippen LogP contribution in [0.4, 0.5) is 0 Å². The lowest BCUT2D eigenvalue weighted by molar-refractivity contribution is 0.0556. The average Bonchev–Trinajstić information content (AvgIpc) is 2.37. The summed E-state index contributed by atoms with van der Waals surface area (Å²) >= 11 is 0. The van der Waals surface area contributed by atoms with Gasteiger partial charge in [-0.2, -0.15) is 0 Å². The molecule has 1 aromatic heterocycles. The number of hydrogen-bond acceptors (Lipinski definition) is 3. The molecule has 1 heterocycles. The molecule has 90 valence electrons. The highest BCUT2D eigenvalue weighted by atomic mass is 16.3. The zero-order chi connectivity index (χ0) is 12.5. The second-order valence-corrected chi connectivity index (χ2v) is 5.05. The maximum atomic E-state index is 10.3. The molecular formula is C14H18N2O. The van der Waals surface area contributed by atoms with Crippen molar-refractivity contribution in [2.24, 2.45) is 11.1 Å². The Kier molecular flexibility index (Phi) is 3.13. The summed E-state index contributed by atoms with van der Waals surface area (Å²) in [6.45, 7) is 4.37. The van der Waals surface area contributed by atoms with Crippen molar-refractivity contribution in [3.63, 3.8) is 0 Å². The van der Waals surface area contributed by atoms with E-state index in [1.54, 1.807) is 6.20 Å². The summed E-state index contributed by atoms with van der Waals surface area (Å²) in [4.78, 5) is 4.26. The lowest BCUT2D eigenvalue weighted by atomic mass is 9.82. The first-order chi connectivity index (χ1) is 8.04. The summed E-state index contributed by atoms with van der Waals surface area (Å²) in [6, 6.07) is 9.71. The zero-order valence-electron chi connectivity index (χ0n) is 10.2. The van der Waals surface area contributed by atoms with Crippen molar-refractivity contribution in [2.75, 3.05) is 6.54 Å². The molecule has 0 aliphatic heterocycles. The molecule has 3 heteroatoms. The standard InChI is InChI=1S/C14H18N2O/c1-14(2,9-15)13(17)11-5-6-12-10(8-11)4-3-7-16-12/h3-8,13,17H,9,15H2,1-2H3. The summed E-state index contributed by atoms with van der Waals surface area (Å²) in [7, 11) is 0. The van der Waals surface area contributed by atoms with E-state index in [0.29, 0.717) is 6.54 Å². The first-order valence-electron chi connectivity index (χ1n) is 5.77. The number of fused-ring (bicyclic) bond motifs is 1. The number of aliphatic hydroxyl groups excluding tert-OH is 1. The van der Waals surface area contributed by atoms with Crippen molar-refractivity contribution >= 4 is 10.9 Å². The van der Waals surface area contributed by atoms with Gasteiger partial charge in [-0.3, -0.25) is 4.98 Å². The van der Waals surface area contributed by atoms with Crippen LogP contribution in [-0.4, -0.2) is 16.6 Å². The Bertz CT molecular complexity index is 522. The minimum Gasteiger partial charge on any atom is -0.388 e. The number of nitrogens with zero attached hydrogens (tertiary/aromatic N) is 1. The quantitative estimate of drug-likeness (QED) is 0.850. The van der Waals surface area contributed by atoms with Crippen LogP contribution in [0, 0.1) is 5.41 Å². The molecule has 0 saturated heterocycles. The van der Waals surface area contributed by atoms with Crippen LogP contribution in [0.25, 0.3) is 10.9 Å². The third-order valence-electron chi connectivity index (χ3n) is 3.21. The van der Waals surface area contributed by atoms with Gasteiger partial charge in [0.15, 0.2) is 0 Å². The Morgan fingerprint density at radius 1 is 1.35 bits per heavy atom. The van der Waals surface area contributed by atoms with E-state index in [4.69, 9.17) is 5.73 Å². The Labute approximate surface area is 101 Å². The topological polar surface area (TPSA) is 59.1 Å². The summed E-state index contributed by atoms with van der Waals surface area (Å²) in [5, 5.41) is 11.3. The van der Waals surface area contributed by atoms with Crippen LogP contribution in [0.3, 0.4) is 0 Å². The fourth-order valence-corrected chi connectivity index (χ4v) is 1.83. The fourth-order valence-electron chi connectivity index (χ4n) is 1.83. The summed E-state index contributed by atoms with van der Waals surface area (Å²) < 4.78 is 0. The predicted molar refractivity (Wildman–Crippen MR) is 69.5 cm³/mol. The van der Waals surface area contributed by atoms with E-state index in [9.17, 15) is 5.11 Å². The number of pyridine rings is 1. The van der Waals surface area contributed by atoms with Crippen LogP contribution in [0.2, 0.25) is 0 Å². The summed E-state index contributed by atoms with van der Waals surface area (Å²) in [5.41, 5.74) is 7.19. The highest BCUT2D eigenvalue weighted by molar-refractivity contribution is 5.79. The zero-order valence-corrected chi connectivity index (χ0v) is 10.2. The molecule has 3 nitrogen and oxygen atoms in total. The van der Waals surface area contributed by atoms with Gasteiger partial charge in [0.05, 0.1) is 11.6 Å². The van der Waals surface area contributed by atoms with Gasteiger partial charge in [-0.25, -0.2) is 0 Å². The SMILES string of the molecule is CC(C)(CN)C(O)c1ccc2ncccc2c1. The maximum Gasteiger partial charge on any atom is 0.0853 e. The molecule has 0 aliphatic carbocycles. The molecule has 0 spiro atoms. The van der Waals surface area contributed by atoms with Gasteiger partial charge in [-0.05, 0) is 23.8 Å². The first kappa shape index (κ1) is 12.0. The number of nitrogens with two attached hydrogens (primary N) is 1. The molecule has 1 atom stereocenters.